The van der Waals surface area contributed by atoms with Gasteiger partial charge in [-0.05, 0) is 53.0 Å². The lowest BCUT2D eigenvalue weighted by molar-refractivity contribution is 0.00542. The maximum absolute atomic E-state index is 11.7. The van der Waals surface area contributed by atoms with Crippen LogP contribution in [-0.2, 0) is 4.74 Å². The number of rotatable bonds is 4. The number of hydrogen-bond acceptors (Lipinski definition) is 3. The van der Waals surface area contributed by atoms with Crippen molar-refractivity contribution >= 4 is 6.09 Å². The summed E-state index contributed by atoms with van der Waals surface area (Å²) in [6.07, 6.45) is 7.19. The van der Waals surface area contributed by atoms with Crippen molar-refractivity contribution in [3.63, 3.8) is 0 Å². The number of amides is 1. The van der Waals surface area contributed by atoms with Crippen LogP contribution in [0.5, 0.6) is 0 Å². The molecule has 2 aliphatic rings. The number of carbonyl (C=O) groups is 1. The second-order valence-corrected chi connectivity index (χ2v) is 6.54. The smallest absolute Gasteiger partial charge is 0.410 e. The summed E-state index contributed by atoms with van der Waals surface area (Å²) in [5, 5.41) is 3.50. The molecule has 108 valence electrons. The van der Waals surface area contributed by atoms with Gasteiger partial charge in [0.1, 0.15) is 5.60 Å². The number of ether oxygens (including phenoxy) is 1. The van der Waals surface area contributed by atoms with Crippen molar-refractivity contribution in [2.45, 2.75) is 58.1 Å². The maximum atomic E-state index is 11.7. The molecule has 1 fully saturated rings. The van der Waals surface area contributed by atoms with Crippen LogP contribution < -0.4 is 5.32 Å². The van der Waals surface area contributed by atoms with E-state index in [0.717, 1.165) is 26.1 Å². The minimum absolute atomic E-state index is 0.191. The van der Waals surface area contributed by atoms with Gasteiger partial charge in [-0.3, -0.25) is 0 Å². The molecule has 1 aliphatic heterocycles. The zero-order valence-corrected chi connectivity index (χ0v) is 12.4. The molecule has 2 rings (SSSR count). The highest BCUT2D eigenvalue weighted by atomic mass is 16.6. The Bertz CT molecular complexity index is 352. The first-order valence-corrected chi connectivity index (χ1v) is 7.33. The summed E-state index contributed by atoms with van der Waals surface area (Å²) in [5.74, 6) is 0. The average Bonchev–Trinajstić information content (AvgIpc) is 2.71. The maximum Gasteiger partial charge on any atom is 0.410 e. The van der Waals surface area contributed by atoms with Gasteiger partial charge in [0.25, 0.3) is 0 Å². The van der Waals surface area contributed by atoms with Crippen LogP contribution in [0.4, 0.5) is 4.79 Å². The van der Waals surface area contributed by atoms with Crippen LogP contribution in [0.2, 0.25) is 0 Å². The van der Waals surface area contributed by atoms with Crippen molar-refractivity contribution in [1.29, 1.82) is 0 Å². The van der Waals surface area contributed by atoms with Crippen LogP contribution in [0.25, 0.3) is 0 Å². The van der Waals surface area contributed by atoms with Crippen LogP contribution in [0.15, 0.2) is 11.6 Å². The Morgan fingerprint density at radius 2 is 2.21 bits per heavy atom. The van der Waals surface area contributed by atoms with Gasteiger partial charge in [-0.25, -0.2) is 4.79 Å². The van der Waals surface area contributed by atoms with Gasteiger partial charge in [-0.1, -0.05) is 11.6 Å². The zero-order valence-electron chi connectivity index (χ0n) is 12.4. The lowest BCUT2D eigenvalue weighted by atomic mass is 10.1. The molecule has 0 saturated carbocycles. The Morgan fingerprint density at radius 1 is 1.47 bits per heavy atom. The van der Waals surface area contributed by atoms with E-state index >= 15 is 0 Å². The predicted octanol–water partition coefficient (Wildman–Crippen LogP) is 2.70. The Balaban J connectivity index is 1.57. The fraction of sp³-hybridized carbons (Fsp3) is 0.800. The molecule has 0 unspecified atom stereocenters. The van der Waals surface area contributed by atoms with Gasteiger partial charge in [0.2, 0.25) is 0 Å². The van der Waals surface area contributed by atoms with Gasteiger partial charge >= 0.3 is 6.09 Å². The summed E-state index contributed by atoms with van der Waals surface area (Å²) in [6, 6.07) is 0.439. The highest BCUT2D eigenvalue weighted by Crippen LogP contribution is 2.20. The summed E-state index contributed by atoms with van der Waals surface area (Å²) >= 11 is 0. The van der Waals surface area contributed by atoms with Crippen molar-refractivity contribution in [2.75, 3.05) is 19.6 Å². The molecule has 19 heavy (non-hydrogen) atoms. The molecule has 1 saturated heterocycles. The van der Waals surface area contributed by atoms with E-state index in [2.05, 4.69) is 11.4 Å². The van der Waals surface area contributed by atoms with E-state index in [1.165, 1.54) is 19.3 Å². The fourth-order valence-electron chi connectivity index (χ4n) is 2.48. The number of nitrogens with zero attached hydrogens (tertiary/aromatic N) is 1. The normalized spacial score (nSPS) is 20.2. The van der Waals surface area contributed by atoms with Gasteiger partial charge < -0.3 is 15.0 Å². The Labute approximate surface area is 116 Å². The molecule has 1 N–H and O–H groups in total. The Hall–Kier alpha value is -1.03. The summed E-state index contributed by atoms with van der Waals surface area (Å²) in [7, 11) is 0. The number of carbonyl (C=O) groups excluding carboxylic acids is 1. The molecule has 0 aromatic heterocycles. The van der Waals surface area contributed by atoms with Crippen molar-refractivity contribution in [3.05, 3.63) is 11.6 Å². The van der Waals surface area contributed by atoms with Gasteiger partial charge in [0.15, 0.2) is 0 Å². The van der Waals surface area contributed by atoms with Gasteiger partial charge in [0, 0.05) is 19.1 Å². The molecule has 0 atom stereocenters. The average molecular weight is 266 g/mol. The predicted molar refractivity (Wildman–Crippen MR) is 76.1 cm³/mol. The highest BCUT2D eigenvalue weighted by molar-refractivity contribution is 5.69. The zero-order chi connectivity index (χ0) is 13.9. The third-order valence-corrected chi connectivity index (χ3v) is 3.55. The van der Waals surface area contributed by atoms with Crippen molar-refractivity contribution < 1.29 is 9.53 Å². The molecule has 0 aromatic carbocycles. The molecule has 0 spiro atoms. The largest absolute Gasteiger partial charge is 0.444 e. The minimum atomic E-state index is -0.398. The summed E-state index contributed by atoms with van der Waals surface area (Å²) in [5.41, 5.74) is 1.20. The molecule has 1 heterocycles. The molecule has 0 radical (unpaired) electrons. The fourth-order valence-corrected chi connectivity index (χ4v) is 2.48. The SMILES string of the molecule is CC(C)(C)OC(=O)N1CC(NCCC2=CCCC2)C1. The van der Waals surface area contributed by atoms with Crippen LogP contribution >= 0.6 is 0 Å². The monoisotopic (exact) mass is 266 g/mol. The molecule has 0 aromatic rings. The first-order chi connectivity index (χ1) is 8.94. The molecule has 1 aliphatic carbocycles. The quantitative estimate of drug-likeness (QED) is 0.795. The topological polar surface area (TPSA) is 41.6 Å². The van der Waals surface area contributed by atoms with Gasteiger partial charge in [0.05, 0.1) is 0 Å². The first-order valence-electron chi connectivity index (χ1n) is 7.33. The van der Waals surface area contributed by atoms with Crippen molar-refractivity contribution in [3.8, 4) is 0 Å². The molecule has 0 bridgehead atoms. The molecule has 1 amide bonds. The summed E-state index contributed by atoms with van der Waals surface area (Å²) in [4.78, 5) is 13.5. The van der Waals surface area contributed by atoms with E-state index in [-0.39, 0.29) is 6.09 Å². The lowest BCUT2D eigenvalue weighted by Gasteiger charge is -2.40. The van der Waals surface area contributed by atoms with E-state index in [9.17, 15) is 4.79 Å². The molecule has 4 nitrogen and oxygen atoms in total. The van der Waals surface area contributed by atoms with Crippen LogP contribution in [-0.4, -0.2) is 42.3 Å². The molecular formula is C15H26N2O2. The van der Waals surface area contributed by atoms with Crippen LogP contribution in [0.3, 0.4) is 0 Å². The second kappa shape index (κ2) is 5.95. The van der Waals surface area contributed by atoms with E-state index < -0.39 is 5.60 Å². The number of hydrogen-bond donors (Lipinski definition) is 1. The number of nitrogens with one attached hydrogen (secondary N) is 1. The van der Waals surface area contributed by atoms with Gasteiger partial charge in [-0.15, -0.1) is 0 Å². The summed E-state index contributed by atoms with van der Waals surface area (Å²) < 4.78 is 5.33. The van der Waals surface area contributed by atoms with E-state index in [4.69, 9.17) is 4.74 Å². The lowest BCUT2D eigenvalue weighted by Crippen LogP contribution is -2.60. The highest BCUT2D eigenvalue weighted by Gasteiger charge is 2.33. The van der Waals surface area contributed by atoms with E-state index in [1.54, 1.807) is 10.5 Å². The minimum Gasteiger partial charge on any atom is -0.444 e. The number of allylic oxidation sites excluding steroid dienone is 1. The molecule has 4 heteroatoms. The van der Waals surface area contributed by atoms with E-state index in [0.29, 0.717) is 6.04 Å². The Morgan fingerprint density at radius 3 is 2.79 bits per heavy atom. The first kappa shape index (κ1) is 14.4. The van der Waals surface area contributed by atoms with Crippen molar-refractivity contribution in [1.82, 2.24) is 10.2 Å². The Kier molecular flexibility index (Phi) is 4.50. The van der Waals surface area contributed by atoms with Crippen LogP contribution in [0.1, 0.15) is 46.5 Å². The van der Waals surface area contributed by atoms with E-state index in [1.807, 2.05) is 20.8 Å². The third kappa shape index (κ3) is 4.53. The number of likely N-dealkylation sites (tertiary alicyclic amines) is 1. The summed E-state index contributed by atoms with van der Waals surface area (Å²) in [6.45, 7) is 8.27. The second-order valence-electron chi connectivity index (χ2n) is 6.54. The third-order valence-electron chi connectivity index (χ3n) is 3.55. The standard InChI is InChI=1S/C15H26N2O2/c1-15(2,3)19-14(18)17-10-13(11-17)16-9-8-12-6-4-5-7-12/h6,13,16H,4-5,7-11H2,1-3H3. The van der Waals surface area contributed by atoms with Crippen molar-refractivity contribution in [2.24, 2.45) is 0 Å². The molecular weight excluding hydrogens is 240 g/mol. The van der Waals surface area contributed by atoms with Crippen LogP contribution in [0, 0.1) is 0 Å². The van der Waals surface area contributed by atoms with Gasteiger partial charge in [-0.2, -0.15) is 0 Å².